The smallest absolute Gasteiger partial charge is 0.329 e. The number of hydrogen-bond acceptors (Lipinski definition) is 3. The van der Waals surface area contributed by atoms with E-state index in [0.29, 0.717) is 12.8 Å². The Bertz CT molecular complexity index is 230. The van der Waals surface area contributed by atoms with Crippen LogP contribution in [0.4, 0.5) is 0 Å². The number of rotatable bonds is 4. The molecule has 0 radical (unpaired) electrons. The Morgan fingerprint density at radius 1 is 1.27 bits per heavy atom. The lowest BCUT2D eigenvalue weighted by Gasteiger charge is -2.23. The summed E-state index contributed by atoms with van der Waals surface area (Å²) in [6.45, 7) is 9.00. The Morgan fingerprint density at radius 3 is 2.13 bits per heavy atom. The van der Waals surface area contributed by atoms with Crippen molar-refractivity contribution in [3.63, 3.8) is 0 Å². The van der Waals surface area contributed by atoms with E-state index in [2.05, 4.69) is 5.32 Å². The fourth-order valence-corrected chi connectivity index (χ4v) is 0.997. The van der Waals surface area contributed by atoms with Crippen LogP contribution >= 0.6 is 0 Å². The summed E-state index contributed by atoms with van der Waals surface area (Å²) in [6, 6.07) is -0.531. The number of carbonyl (C=O) groups is 2. The third kappa shape index (κ3) is 6.10. The Morgan fingerprint density at radius 2 is 1.80 bits per heavy atom. The van der Waals surface area contributed by atoms with Crippen LogP contribution in [0.15, 0.2) is 0 Å². The topological polar surface area (TPSA) is 55.4 Å². The maximum Gasteiger partial charge on any atom is 0.329 e. The second kappa shape index (κ2) is 5.73. The van der Waals surface area contributed by atoms with Crippen molar-refractivity contribution in [2.24, 2.45) is 0 Å². The number of nitrogens with one attached hydrogen (secondary N) is 1. The Kier molecular flexibility index (Phi) is 5.33. The van der Waals surface area contributed by atoms with E-state index >= 15 is 0 Å². The molecule has 0 aliphatic heterocycles. The summed E-state index contributed by atoms with van der Waals surface area (Å²) in [7, 11) is 0. The number of hydrogen-bond donors (Lipinski definition) is 1. The molecule has 0 saturated heterocycles. The highest BCUT2D eigenvalue weighted by Crippen LogP contribution is 2.09. The average molecular weight is 215 g/mol. The van der Waals surface area contributed by atoms with E-state index < -0.39 is 11.6 Å². The molecule has 1 unspecified atom stereocenters. The molecule has 0 fully saturated rings. The molecule has 0 bridgehead atoms. The fraction of sp³-hybridized carbons (Fsp3) is 0.818. The summed E-state index contributed by atoms with van der Waals surface area (Å²) in [5.41, 5.74) is -0.512. The Hall–Kier alpha value is -1.06. The number of ether oxygens (including phenoxy) is 1. The van der Waals surface area contributed by atoms with E-state index in [1.54, 1.807) is 27.7 Å². The molecule has 0 heterocycles. The van der Waals surface area contributed by atoms with E-state index in [9.17, 15) is 9.59 Å². The van der Waals surface area contributed by atoms with Crippen molar-refractivity contribution in [3.05, 3.63) is 0 Å². The van der Waals surface area contributed by atoms with Crippen LogP contribution in [-0.2, 0) is 14.3 Å². The van der Waals surface area contributed by atoms with Gasteiger partial charge in [0.2, 0.25) is 5.91 Å². The van der Waals surface area contributed by atoms with Gasteiger partial charge in [-0.15, -0.1) is 0 Å². The third-order valence-electron chi connectivity index (χ3n) is 1.76. The van der Waals surface area contributed by atoms with Crippen molar-refractivity contribution >= 4 is 11.9 Å². The van der Waals surface area contributed by atoms with Gasteiger partial charge in [-0.05, 0) is 27.2 Å². The molecule has 0 saturated carbocycles. The minimum Gasteiger partial charge on any atom is -0.458 e. The molecule has 0 rings (SSSR count). The summed E-state index contributed by atoms with van der Waals surface area (Å²) in [4.78, 5) is 22.7. The molecule has 1 N–H and O–H groups in total. The van der Waals surface area contributed by atoms with Gasteiger partial charge in [0, 0.05) is 6.42 Å². The van der Waals surface area contributed by atoms with Gasteiger partial charge < -0.3 is 10.1 Å². The minimum atomic E-state index is -0.531. The van der Waals surface area contributed by atoms with Crippen LogP contribution in [0.2, 0.25) is 0 Å². The van der Waals surface area contributed by atoms with Gasteiger partial charge in [0.25, 0.3) is 0 Å². The molecular formula is C11H21NO3. The van der Waals surface area contributed by atoms with Crippen molar-refractivity contribution in [1.82, 2.24) is 5.32 Å². The van der Waals surface area contributed by atoms with Gasteiger partial charge in [0.1, 0.15) is 11.6 Å². The molecular weight excluding hydrogens is 194 g/mol. The van der Waals surface area contributed by atoms with Gasteiger partial charge in [-0.25, -0.2) is 4.79 Å². The second-order valence-corrected chi connectivity index (χ2v) is 4.42. The van der Waals surface area contributed by atoms with Crippen molar-refractivity contribution in [2.75, 3.05) is 0 Å². The highest BCUT2D eigenvalue weighted by molar-refractivity contribution is 5.84. The summed E-state index contributed by atoms with van der Waals surface area (Å²) in [6.07, 6.45) is 0.917. The first kappa shape index (κ1) is 13.9. The van der Waals surface area contributed by atoms with Gasteiger partial charge in [-0.3, -0.25) is 4.79 Å². The SMILES string of the molecule is CCC(=O)NC(CC)C(=O)OC(C)(C)C. The average Bonchev–Trinajstić information content (AvgIpc) is 2.10. The van der Waals surface area contributed by atoms with Gasteiger partial charge in [-0.1, -0.05) is 13.8 Å². The molecule has 4 nitrogen and oxygen atoms in total. The molecule has 88 valence electrons. The van der Waals surface area contributed by atoms with Crippen LogP contribution in [0.5, 0.6) is 0 Å². The highest BCUT2D eigenvalue weighted by atomic mass is 16.6. The number of carbonyl (C=O) groups excluding carboxylic acids is 2. The Labute approximate surface area is 91.4 Å². The van der Waals surface area contributed by atoms with Crippen LogP contribution in [0.3, 0.4) is 0 Å². The lowest BCUT2D eigenvalue weighted by atomic mass is 10.1. The minimum absolute atomic E-state index is 0.132. The molecule has 15 heavy (non-hydrogen) atoms. The van der Waals surface area contributed by atoms with E-state index in [4.69, 9.17) is 4.74 Å². The van der Waals surface area contributed by atoms with Crippen LogP contribution in [0.25, 0.3) is 0 Å². The van der Waals surface area contributed by atoms with Gasteiger partial charge in [-0.2, -0.15) is 0 Å². The molecule has 4 heteroatoms. The molecule has 0 spiro atoms. The molecule has 0 aromatic rings. The number of esters is 1. The fourth-order valence-electron chi connectivity index (χ4n) is 0.997. The van der Waals surface area contributed by atoms with Gasteiger partial charge in [0.15, 0.2) is 0 Å². The van der Waals surface area contributed by atoms with Crippen molar-refractivity contribution in [1.29, 1.82) is 0 Å². The largest absolute Gasteiger partial charge is 0.458 e. The molecule has 0 aliphatic rings. The predicted molar refractivity (Wildman–Crippen MR) is 58.4 cm³/mol. The van der Waals surface area contributed by atoms with Crippen molar-refractivity contribution in [2.45, 2.75) is 59.1 Å². The zero-order chi connectivity index (χ0) is 12.1. The Balaban J connectivity index is 4.29. The maximum absolute atomic E-state index is 11.6. The third-order valence-corrected chi connectivity index (χ3v) is 1.76. The van der Waals surface area contributed by atoms with Crippen LogP contribution in [0, 0.1) is 0 Å². The first-order valence-electron chi connectivity index (χ1n) is 5.32. The molecule has 1 amide bonds. The number of amides is 1. The van der Waals surface area contributed by atoms with E-state index in [1.807, 2.05) is 6.92 Å². The van der Waals surface area contributed by atoms with E-state index in [1.165, 1.54) is 0 Å². The molecule has 1 atom stereocenters. The van der Waals surface area contributed by atoms with Crippen LogP contribution in [-0.4, -0.2) is 23.5 Å². The van der Waals surface area contributed by atoms with E-state index in [0.717, 1.165) is 0 Å². The summed E-state index contributed by atoms with van der Waals surface area (Å²) in [5, 5.41) is 2.63. The van der Waals surface area contributed by atoms with Crippen LogP contribution in [0.1, 0.15) is 47.5 Å². The van der Waals surface area contributed by atoms with Crippen molar-refractivity contribution < 1.29 is 14.3 Å². The zero-order valence-electron chi connectivity index (χ0n) is 10.2. The second-order valence-electron chi connectivity index (χ2n) is 4.42. The summed E-state index contributed by atoms with van der Waals surface area (Å²) in [5.74, 6) is -0.500. The maximum atomic E-state index is 11.6. The summed E-state index contributed by atoms with van der Waals surface area (Å²) < 4.78 is 5.18. The molecule has 0 aromatic carbocycles. The summed E-state index contributed by atoms with van der Waals surface area (Å²) >= 11 is 0. The lowest BCUT2D eigenvalue weighted by molar-refractivity contribution is -0.158. The molecule has 0 aliphatic carbocycles. The monoisotopic (exact) mass is 215 g/mol. The first-order valence-corrected chi connectivity index (χ1v) is 5.32. The van der Waals surface area contributed by atoms with Gasteiger partial charge in [0.05, 0.1) is 0 Å². The zero-order valence-corrected chi connectivity index (χ0v) is 10.2. The quantitative estimate of drug-likeness (QED) is 0.725. The highest BCUT2D eigenvalue weighted by Gasteiger charge is 2.24. The predicted octanol–water partition coefficient (Wildman–Crippen LogP) is 1.63. The van der Waals surface area contributed by atoms with Crippen LogP contribution < -0.4 is 5.32 Å². The van der Waals surface area contributed by atoms with Crippen molar-refractivity contribution in [3.8, 4) is 0 Å². The lowest BCUT2D eigenvalue weighted by Crippen LogP contribution is -2.43. The van der Waals surface area contributed by atoms with E-state index in [-0.39, 0.29) is 11.9 Å². The van der Waals surface area contributed by atoms with Gasteiger partial charge >= 0.3 is 5.97 Å². The first-order chi connectivity index (χ1) is 6.80. The normalized spacial score (nSPS) is 13.1. The standard InChI is InChI=1S/C11H21NO3/c1-6-8(12-9(13)7-2)10(14)15-11(3,4)5/h8H,6-7H2,1-5H3,(H,12,13). The molecule has 0 aromatic heterocycles.